The molecule has 152 valence electrons. The molecule has 0 aromatic carbocycles. The zero-order valence-electron chi connectivity index (χ0n) is 15.0. The molecule has 10 nitrogen and oxygen atoms in total. The number of fused-ring (bicyclic) bond motifs is 1. The number of carboxylic acid groups (broad SMARTS) is 1. The highest BCUT2D eigenvalue weighted by Gasteiger charge is 2.53. The fourth-order valence-electron chi connectivity index (χ4n) is 3.16. The highest BCUT2D eigenvalue weighted by atomic mass is 32.2. The van der Waals surface area contributed by atoms with Crippen molar-refractivity contribution in [3.63, 3.8) is 0 Å². The lowest BCUT2D eigenvalue weighted by molar-refractivity contribution is -0.150. The maximum absolute atomic E-state index is 12.9. The van der Waals surface area contributed by atoms with Crippen molar-refractivity contribution >= 4 is 51.7 Å². The Bertz CT molecular complexity index is 956. The molecule has 3 atom stereocenters. The molecule has 29 heavy (non-hydrogen) atoms. The van der Waals surface area contributed by atoms with Crippen molar-refractivity contribution in [2.45, 2.75) is 30.4 Å². The van der Waals surface area contributed by atoms with E-state index >= 15 is 0 Å². The Kier molecular flexibility index (Phi) is 5.28. The molecule has 2 aliphatic heterocycles. The lowest BCUT2D eigenvalue weighted by Gasteiger charge is -2.48. The fourth-order valence-corrected chi connectivity index (χ4v) is 4.90. The lowest BCUT2D eigenvalue weighted by atomic mass is 10.0. The molecule has 4 N–H and O–H groups in total. The number of carbonyl (C=O) groups is 3. The smallest absolute Gasteiger partial charge is 0.352 e. The number of rotatable bonds is 6. The van der Waals surface area contributed by atoms with E-state index < -0.39 is 29.2 Å². The minimum absolute atomic E-state index is 0.0678. The highest BCUT2D eigenvalue weighted by Crippen LogP contribution is 2.37. The molecule has 2 unspecified atom stereocenters. The van der Waals surface area contributed by atoms with Crippen molar-refractivity contribution in [3.05, 3.63) is 35.0 Å². The van der Waals surface area contributed by atoms with E-state index in [1.54, 1.807) is 5.38 Å². The van der Waals surface area contributed by atoms with Gasteiger partial charge in [-0.2, -0.15) is 0 Å². The predicted octanol–water partition coefficient (Wildman–Crippen LogP) is 0.533. The van der Waals surface area contributed by atoms with E-state index in [-0.39, 0.29) is 28.3 Å². The predicted molar refractivity (Wildman–Crippen MR) is 107 cm³/mol. The zero-order valence-corrected chi connectivity index (χ0v) is 16.6. The number of hydrogen-bond donors (Lipinski definition) is 3. The van der Waals surface area contributed by atoms with Gasteiger partial charge in [0.1, 0.15) is 28.9 Å². The quantitative estimate of drug-likeness (QED) is 0.254. The van der Waals surface area contributed by atoms with Gasteiger partial charge in [-0.25, -0.2) is 9.78 Å². The second kappa shape index (κ2) is 7.87. The van der Waals surface area contributed by atoms with E-state index in [1.165, 1.54) is 22.7 Å². The van der Waals surface area contributed by atoms with Crippen molar-refractivity contribution in [3.8, 4) is 0 Å². The van der Waals surface area contributed by atoms with Gasteiger partial charge in [0, 0.05) is 11.1 Å². The van der Waals surface area contributed by atoms with Gasteiger partial charge < -0.3 is 21.0 Å². The molecular formula is C17H17N5O5S2. The number of allylic oxidation sites excluding steroid dienone is 1. The number of carboxylic acids is 1. The zero-order chi connectivity index (χ0) is 20.5. The fraction of sp³-hybridized carbons (Fsp3) is 0.353. The topological polar surface area (TPSA) is 147 Å². The van der Waals surface area contributed by atoms with Gasteiger partial charge in [-0.15, -0.1) is 23.1 Å². The largest absolute Gasteiger partial charge is 0.477 e. The number of amides is 2. The molecule has 0 spiro atoms. The van der Waals surface area contributed by atoms with Crippen molar-refractivity contribution in [2.24, 2.45) is 5.16 Å². The number of hydrogen-bond acceptors (Lipinski definition) is 9. The number of nitrogen functional groups attached to an aromatic ring is 1. The number of nitrogens with zero attached hydrogens (tertiary/aromatic N) is 3. The summed E-state index contributed by atoms with van der Waals surface area (Å²) in [6, 6.07) is -0.858. The molecule has 3 aliphatic rings. The first-order valence-corrected chi connectivity index (χ1v) is 10.7. The summed E-state index contributed by atoms with van der Waals surface area (Å²) in [6.07, 6.45) is 6.71. The van der Waals surface area contributed by atoms with Crippen LogP contribution in [0.15, 0.2) is 34.5 Å². The summed E-state index contributed by atoms with van der Waals surface area (Å²) in [6.45, 7) is 0. The number of carbonyl (C=O) groups excluding carboxylic acids is 2. The average Bonchev–Trinajstić information content (AvgIpc) is 3.37. The van der Waals surface area contributed by atoms with Crippen LogP contribution in [-0.4, -0.2) is 61.8 Å². The van der Waals surface area contributed by atoms with Crippen molar-refractivity contribution in [1.82, 2.24) is 15.2 Å². The molecule has 1 aliphatic carbocycles. The Hall–Kier alpha value is -2.86. The second-order valence-corrected chi connectivity index (χ2v) is 8.48. The molecule has 12 heteroatoms. The van der Waals surface area contributed by atoms with Gasteiger partial charge >= 0.3 is 5.97 Å². The maximum Gasteiger partial charge on any atom is 0.352 e. The van der Waals surface area contributed by atoms with Crippen molar-refractivity contribution in [1.29, 1.82) is 0 Å². The number of oxime groups is 1. The van der Waals surface area contributed by atoms with Crippen molar-refractivity contribution < 1.29 is 24.3 Å². The summed E-state index contributed by atoms with van der Waals surface area (Å²) in [5, 5.41) is 17.2. The van der Waals surface area contributed by atoms with Gasteiger partial charge in [0.15, 0.2) is 10.8 Å². The molecule has 2 amide bonds. The summed E-state index contributed by atoms with van der Waals surface area (Å²) in [7, 11) is 0. The number of thiazole rings is 1. The van der Waals surface area contributed by atoms with Crippen LogP contribution in [0, 0.1) is 0 Å². The van der Waals surface area contributed by atoms with Crippen LogP contribution in [0.1, 0.15) is 18.5 Å². The maximum atomic E-state index is 12.9. The summed E-state index contributed by atoms with van der Waals surface area (Å²) < 4.78 is 0. The molecule has 0 bridgehead atoms. The Labute approximate surface area is 173 Å². The molecule has 3 heterocycles. The summed E-state index contributed by atoms with van der Waals surface area (Å²) >= 11 is 2.52. The highest BCUT2D eigenvalue weighted by molar-refractivity contribution is 8.00. The van der Waals surface area contributed by atoms with Crippen LogP contribution in [0.5, 0.6) is 0 Å². The first-order chi connectivity index (χ1) is 14.0. The van der Waals surface area contributed by atoms with Crippen LogP contribution in [0.3, 0.4) is 0 Å². The Morgan fingerprint density at radius 3 is 2.93 bits per heavy atom. The third kappa shape index (κ3) is 3.72. The Balaban J connectivity index is 1.50. The summed E-state index contributed by atoms with van der Waals surface area (Å²) in [4.78, 5) is 47.3. The summed E-state index contributed by atoms with van der Waals surface area (Å²) in [5.41, 5.74) is 5.77. The van der Waals surface area contributed by atoms with E-state index in [9.17, 15) is 19.5 Å². The van der Waals surface area contributed by atoms with Crippen LogP contribution in [0.2, 0.25) is 0 Å². The van der Waals surface area contributed by atoms with Gasteiger partial charge in [-0.05, 0) is 25.0 Å². The molecule has 1 fully saturated rings. The third-order valence-electron chi connectivity index (χ3n) is 4.58. The molecular weight excluding hydrogens is 418 g/mol. The SMILES string of the molecule is Nc1nc(/C(=N/OC2C=CCC2)C(=O)NC2C(=O)N3C(C(=O)O)=CCS[C@H]23)cs1. The van der Waals surface area contributed by atoms with Crippen molar-refractivity contribution in [2.75, 3.05) is 11.5 Å². The number of thioether (sulfide) groups is 1. The molecule has 4 rings (SSSR count). The van der Waals surface area contributed by atoms with Gasteiger partial charge in [0.2, 0.25) is 0 Å². The first-order valence-electron chi connectivity index (χ1n) is 8.76. The second-order valence-electron chi connectivity index (χ2n) is 6.44. The first kappa shape index (κ1) is 19.5. The van der Waals surface area contributed by atoms with Gasteiger partial charge in [0.05, 0.1) is 0 Å². The van der Waals surface area contributed by atoms with E-state index in [0.29, 0.717) is 5.75 Å². The normalized spacial score (nSPS) is 25.9. The summed E-state index contributed by atoms with van der Waals surface area (Å²) in [5.74, 6) is -1.86. The van der Waals surface area contributed by atoms with E-state index in [0.717, 1.165) is 24.2 Å². The van der Waals surface area contributed by atoms with E-state index in [4.69, 9.17) is 10.6 Å². The van der Waals surface area contributed by atoms with Crippen LogP contribution >= 0.6 is 23.1 Å². The Morgan fingerprint density at radius 1 is 1.45 bits per heavy atom. The van der Waals surface area contributed by atoms with Crippen LogP contribution in [-0.2, 0) is 19.2 Å². The van der Waals surface area contributed by atoms with Gasteiger partial charge in [0.25, 0.3) is 11.8 Å². The number of nitrogens with one attached hydrogen (secondary N) is 1. The minimum atomic E-state index is -1.17. The number of nitrogens with two attached hydrogens (primary N) is 1. The van der Waals surface area contributed by atoms with Crippen LogP contribution in [0.25, 0.3) is 0 Å². The number of anilines is 1. The molecule has 1 aromatic rings. The number of aliphatic carboxylic acids is 1. The average molecular weight is 435 g/mol. The van der Waals surface area contributed by atoms with Crippen LogP contribution < -0.4 is 11.1 Å². The standard InChI is InChI=1S/C17H17N5O5S2/c18-17-19-9(7-29-17)11(21-27-8-3-1-2-4-8)13(23)20-12-14(24)22-10(16(25)26)5-6-28-15(12)22/h1,3,5,7-8,12,15H,2,4,6H2,(H2,18,19)(H,20,23)(H,25,26)/b21-11-/t8?,12?,15-/m1/s1. The number of β-lactam (4-membered cyclic amide) rings is 1. The van der Waals surface area contributed by atoms with Gasteiger partial charge in [-0.3, -0.25) is 14.5 Å². The Morgan fingerprint density at radius 2 is 2.28 bits per heavy atom. The third-order valence-corrected chi connectivity index (χ3v) is 6.44. The monoisotopic (exact) mass is 435 g/mol. The minimum Gasteiger partial charge on any atom is -0.477 e. The molecule has 0 saturated carbocycles. The van der Waals surface area contributed by atoms with Gasteiger partial charge in [-0.1, -0.05) is 11.2 Å². The van der Waals surface area contributed by atoms with Crippen LogP contribution in [0.4, 0.5) is 5.13 Å². The lowest BCUT2D eigenvalue weighted by Crippen LogP contribution is -2.70. The molecule has 1 aromatic heterocycles. The molecule has 0 radical (unpaired) electrons. The number of aromatic nitrogens is 1. The van der Waals surface area contributed by atoms with E-state index in [1.807, 2.05) is 12.2 Å². The molecule has 1 saturated heterocycles. The van der Waals surface area contributed by atoms with E-state index in [2.05, 4.69) is 15.5 Å².